The molecule has 0 aliphatic heterocycles. The van der Waals surface area contributed by atoms with E-state index in [9.17, 15) is 0 Å². The van der Waals surface area contributed by atoms with Crippen LogP contribution in [0.1, 0.15) is 34.1 Å². The van der Waals surface area contributed by atoms with Crippen LogP contribution in [-0.4, -0.2) is 38.4 Å². The van der Waals surface area contributed by atoms with Crippen LogP contribution in [0, 0.1) is 0 Å². The fourth-order valence-corrected chi connectivity index (χ4v) is 1.09. The van der Waals surface area contributed by atoms with Crippen molar-refractivity contribution in [3.63, 3.8) is 0 Å². The van der Waals surface area contributed by atoms with E-state index in [0.717, 1.165) is 32.8 Å². The summed E-state index contributed by atoms with van der Waals surface area (Å²) < 4.78 is 5.22. The average molecular weight is 202 g/mol. The molecule has 0 amide bonds. The van der Waals surface area contributed by atoms with Crippen molar-refractivity contribution in [1.29, 1.82) is 0 Å². The van der Waals surface area contributed by atoms with Crippen LogP contribution < -0.4 is 10.6 Å². The van der Waals surface area contributed by atoms with Gasteiger partial charge in [0.05, 0.1) is 6.61 Å². The summed E-state index contributed by atoms with van der Waals surface area (Å²) in [4.78, 5) is 0. The van der Waals surface area contributed by atoms with E-state index in [1.165, 1.54) is 6.42 Å². The van der Waals surface area contributed by atoms with Gasteiger partial charge < -0.3 is 15.4 Å². The molecule has 0 aromatic rings. The molecule has 86 valence electrons. The van der Waals surface area contributed by atoms with Crippen molar-refractivity contribution in [1.82, 2.24) is 10.6 Å². The second-order valence-electron chi connectivity index (χ2n) is 4.48. The molecule has 0 aromatic carbocycles. The monoisotopic (exact) mass is 202 g/mol. The Bertz CT molecular complexity index is 121. The molecular weight excluding hydrogens is 176 g/mol. The molecule has 0 fully saturated rings. The fourth-order valence-electron chi connectivity index (χ4n) is 1.09. The molecule has 0 atom stereocenters. The first-order valence-electron chi connectivity index (χ1n) is 5.60. The molecular formula is C11H26N2O. The normalized spacial score (nSPS) is 12.0. The first kappa shape index (κ1) is 13.9. The summed E-state index contributed by atoms with van der Waals surface area (Å²) in [5.41, 5.74) is 0.241. The lowest BCUT2D eigenvalue weighted by molar-refractivity contribution is 0.149. The molecule has 0 heterocycles. The van der Waals surface area contributed by atoms with Gasteiger partial charge in [-0.05, 0) is 47.2 Å². The lowest BCUT2D eigenvalue weighted by Crippen LogP contribution is -2.37. The van der Waals surface area contributed by atoms with E-state index in [2.05, 4.69) is 31.4 Å². The summed E-state index contributed by atoms with van der Waals surface area (Å²) in [7, 11) is 0. The van der Waals surface area contributed by atoms with Crippen molar-refractivity contribution in [3.05, 3.63) is 0 Å². The Morgan fingerprint density at radius 3 is 2.36 bits per heavy atom. The van der Waals surface area contributed by atoms with Crippen molar-refractivity contribution in [2.45, 2.75) is 39.7 Å². The predicted octanol–water partition coefficient (Wildman–Crippen LogP) is 1.39. The third kappa shape index (κ3) is 11.9. The summed E-state index contributed by atoms with van der Waals surface area (Å²) in [5.74, 6) is 0. The zero-order valence-corrected chi connectivity index (χ0v) is 10.2. The first-order valence-corrected chi connectivity index (χ1v) is 5.60. The van der Waals surface area contributed by atoms with Gasteiger partial charge in [0, 0.05) is 18.7 Å². The molecule has 0 aromatic heterocycles. The van der Waals surface area contributed by atoms with Crippen molar-refractivity contribution in [2.75, 3.05) is 32.8 Å². The third-order valence-electron chi connectivity index (χ3n) is 1.81. The molecule has 3 heteroatoms. The van der Waals surface area contributed by atoms with Crippen LogP contribution in [0.3, 0.4) is 0 Å². The maximum Gasteiger partial charge on any atom is 0.0590 e. The van der Waals surface area contributed by atoms with Crippen LogP contribution in [-0.2, 0) is 4.74 Å². The van der Waals surface area contributed by atoms with Gasteiger partial charge in [-0.1, -0.05) is 0 Å². The number of ether oxygens (including phenoxy) is 1. The average Bonchev–Trinajstić information content (AvgIpc) is 2.08. The van der Waals surface area contributed by atoms with Gasteiger partial charge in [-0.2, -0.15) is 0 Å². The fraction of sp³-hybridized carbons (Fsp3) is 1.00. The van der Waals surface area contributed by atoms with Gasteiger partial charge in [-0.3, -0.25) is 0 Å². The van der Waals surface area contributed by atoms with E-state index >= 15 is 0 Å². The number of hydrogen-bond donors (Lipinski definition) is 2. The predicted molar refractivity (Wildman–Crippen MR) is 61.7 cm³/mol. The second-order valence-corrected chi connectivity index (χ2v) is 4.48. The van der Waals surface area contributed by atoms with Crippen molar-refractivity contribution >= 4 is 0 Å². The van der Waals surface area contributed by atoms with Crippen LogP contribution >= 0.6 is 0 Å². The quantitative estimate of drug-likeness (QED) is 0.584. The molecule has 3 nitrogen and oxygen atoms in total. The number of hydrogen-bond acceptors (Lipinski definition) is 3. The molecule has 14 heavy (non-hydrogen) atoms. The zero-order chi connectivity index (χ0) is 10.9. The maximum absolute atomic E-state index is 5.22. The van der Waals surface area contributed by atoms with Gasteiger partial charge >= 0.3 is 0 Å². The molecule has 0 aliphatic carbocycles. The van der Waals surface area contributed by atoms with Crippen LogP contribution in [0.4, 0.5) is 0 Å². The zero-order valence-electron chi connectivity index (χ0n) is 10.2. The standard InChI is InChI=1S/C11H26N2O/c1-5-14-10-9-12-7-6-8-13-11(2,3)4/h12-13H,5-10H2,1-4H3. The van der Waals surface area contributed by atoms with E-state index in [1.54, 1.807) is 0 Å². The molecule has 0 bridgehead atoms. The second kappa shape index (κ2) is 8.21. The molecule has 0 saturated carbocycles. The smallest absolute Gasteiger partial charge is 0.0590 e. The minimum Gasteiger partial charge on any atom is -0.380 e. The Kier molecular flexibility index (Phi) is 8.14. The van der Waals surface area contributed by atoms with E-state index in [4.69, 9.17) is 4.74 Å². The molecule has 0 rings (SSSR count). The van der Waals surface area contributed by atoms with Crippen molar-refractivity contribution in [3.8, 4) is 0 Å². The highest BCUT2D eigenvalue weighted by molar-refractivity contribution is 4.69. The van der Waals surface area contributed by atoms with Gasteiger partial charge in [0.1, 0.15) is 0 Å². The van der Waals surface area contributed by atoms with E-state index in [1.807, 2.05) is 6.92 Å². The highest BCUT2D eigenvalue weighted by Crippen LogP contribution is 1.97. The minimum atomic E-state index is 0.241. The first-order chi connectivity index (χ1) is 6.56. The van der Waals surface area contributed by atoms with Gasteiger partial charge in [0.15, 0.2) is 0 Å². The minimum absolute atomic E-state index is 0.241. The van der Waals surface area contributed by atoms with E-state index in [0.29, 0.717) is 0 Å². The maximum atomic E-state index is 5.22. The van der Waals surface area contributed by atoms with Crippen LogP contribution in [0.15, 0.2) is 0 Å². The lowest BCUT2D eigenvalue weighted by Gasteiger charge is -2.20. The lowest BCUT2D eigenvalue weighted by atomic mass is 10.1. The summed E-state index contributed by atoms with van der Waals surface area (Å²) in [6, 6.07) is 0. The van der Waals surface area contributed by atoms with Gasteiger partial charge in [0.2, 0.25) is 0 Å². The molecule has 2 N–H and O–H groups in total. The van der Waals surface area contributed by atoms with Crippen molar-refractivity contribution in [2.24, 2.45) is 0 Å². The highest BCUT2D eigenvalue weighted by atomic mass is 16.5. The third-order valence-corrected chi connectivity index (χ3v) is 1.81. The van der Waals surface area contributed by atoms with Crippen LogP contribution in [0.25, 0.3) is 0 Å². The Morgan fingerprint density at radius 2 is 1.79 bits per heavy atom. The summed E-state index contributed by atoms with van der Waals surface area (Å²) in [5, 5.41) is 6.79. The SMILES string of the molecule is CCOCCNCCCNC(C)(C)C. The summed E-state index contributed by atoms with van der Waals surface area (Å²) in [6.07, 6.45) is 1.17. The van der Waals surface area contributed by atoms with Gasteiger partial charge in [-0.25, -0.2) is 0 Å². The molecule has 0 unspecified atom stereocenters. The summed E-state index contributed by atoms with van der Waals surface area (Å²) in [6.45, 7) is 13.3. The number of rotatable bonds is 8. The van der Waals surface area contributed by atoms with Crippen LogP contribution in [0.5, 0.6) is 0 Å². The number of nitrogens with one attached hydrogen (secondary N) is 2. The Labute approximate surface area is 88.6 Å². The Balaban J connectivity index is 2.99. The van der Waals surface area contributed by atoms with E-state index < -0.39 is 0 Å². The summed E-state index contributed by atoms with van der Waals surface area (Å²) >= 11 is 0. The van der Waals surface area contributed by atoms with Gasteiger partial charge in [-0.15, -0.1) is 0 Å². The Hall–Kier alpha value is -0.120. The largest absolute Gasteiger partial charge is 0.380 e. The van der Waals surface area contributed by atoms with Crippen LogP contribution in [0.2, 0.25) is 0 Å². The van der Waals surface area contributed by atoms with Gasteiger partial charge in [0.25, 0.3) is 0 Å². The highest BCUT2D eigenvalue weighted by Gasteiger charge is 2.06. The molecule has 0 aliphatic rings. The topological polar surface area (TPSA) is 33.3 Å². The van der Waals surface area contributed by atoms with E-state index in [-0.39, 0.29) is 5.54 Å². The Morgan fingerprint density at radius 1 is 1.07 bits per heavy atom. The molecule has 0 radical (unpaired) electrons. The molecule has 0 spiro atoms. The molecule has 0 saturated heterocycles. The van der Waals surface area contributed by atoms with Crippen molar-refractivity contribution < 1.29 is 4.74 Å².